The van der Waals surface area contributed by atoms with Crippen LogP contribution in [0.25, 0.3) is 0 Å². The Labute approximate surface area is 164 Å². The first-order chi connectivity index (χ1) is 13.2. The molecule has 0 amide bonds. The first-order valence-corrected chi connectivity index (χ1v) is 10.5. The van der Waals surface area contributed by atoms with E-state index >= 15 is 0 Å². The van der Waals surface area contributed by atoms with E-state index in [0.717, 1.165) is 38.5 Å². The fraction of sp³-hybridized carbons (Fsp3) is 0.542. The third-order valence-electron chi connectivity index (χ3n) is 6.14. The molecule has 3 unspecified atom stereocenters. The number of aryl methyl sites for hydroxylation is 2. The molecule has 0 aliphatic carbocycles. The number of benzene rings is 1. The zero-order valence-corrected chi connectivity index (χ0v) is 16.6. The number of aliphatic hydroxyl groups is 1. The van der Waals surface area contributed by atoms with Crippen LogP contribution in [-0.2, 0) is 12.8 Å². The summed E-state index contributed by atoms with van der Waals surface area (Å²) in [6.07, 6.45) is 12.4. The largest absolute Gasteiger partial charge is 0.393 e. The Morgan fingerprint density at radius 3 is 2.59 bits per heavy atom. The van der Waals surface area contributed by atoms with Gasteiger partial charge in [0.15, 0.2) is 0 Å². The molecule has 1 N–H and O–H groups in total. The van der Waals surface area contributed by atoms with E-state index in [1.165, 1.54) is 30.5 Å². The highest BCUT2D eigenvalue weighted by atomic mass is 16.3. The maximum atomic E-state index is 11.0. The van der Waals surface area contributed by atoms with Crippen LogP contribution in [0.3, 0.4) is 0 Å². The Bertz CT molecular complexity index is 646. The van der Waals surface area contributed by atoms with Crippen molar-refractivity contribution in [2.24, 2.45) is 5.92 Å². The van der Waals surface area contributed by atoms with Crippen LogP contribution in [0, 0.1) is 5.92 Å². The van der Waals surface area contributed by atoms with Crippen molar-refractivity contribution >= 4 is 0 Å². The van der Waals surface area contributed by atoms with Crippen LogP contribution < -0.4 is 0 Å². The normalized spacial score (nSPS) is 19.9. The van der Waals surface area contributed by atoms with Crippen LogP contribution >= 0.6 is 0 Å². The lowest BCUT2D eigenvalue weighted by molar-refractivity contribution is 0.0657. The number of pyridine rings is 1. The zero-order chi connectivity index (χ0) is 18.9. The predicted molar refractivity (Wildman–Crippen MR) is 112 cm³/mol. The van der Waals surface area contributed by atoms with Gasteiger partial charge in [0.05, 0.1) is 6.10 Å². The zero-order valence-electron chi connectivity index (χ0n) is 16.6. The van der Waals surface area contributed by atoms with Crippen molar-refractivity contribution < 1.29 is 5.11 Å². The topological polar surface area (TPSA) is 36.4 Å². The van der Waals surface area contributed by atoms with Crippen molar-refractivity contribution in [1.82, 2.24) is 9.88 Å². The molecule has 3 nitrogen and oxygen atoms in total. The van der Waals surface area contributed by atoms with E-state index in [0.29, 0.717) is 12.0 Å². The van der Waals surface area contributed by atoms with Crippen molar-refractivity contribution in [3.05, 3.63) is 66.0 Å². The van der Waals surface area contributed by atoms with Crippen LogP contribution in [0.2, 0.25) is 0 Å². The number of likely N-dealkylation sites (tertiary alicyclic amines) is 1. The number of hydrogen-bond donors (Lipinski definition) is 1. The van der Waals surface area contributed by atoms with Crippen LogP contribution in [0.15, 0.2) is 54.9 Å². The monoisotopic (exact) mass is 366 g/mol. The molecule has 0 bridgehead atoms. The van der Waals surface area contributed by atoms with E-state index in [1.54, 1.807) is 0 Å². The van der Waals surface area contributed by atoms with E-state index < -0.39 is 0 Å². The summed E-state index contributed by atoms with van der Waals surface area (Å²) in [5.74, 6) is 0.371. The van der Waals surface area contributed by atoms with Gasteiger partial charge in [0.1, 0.15) is 0 Å². The molecule has 0 saturated carbocycles. The van der Waals surface area contributed by atoms with Gasteiger partial charge >= 0.3 is 0 Å². The molecule has 0 radical (unpaired) electrons. The molecule has 1 aromatic carbocycles. The highest BCUT2D eigenvalue weighted by Gasteiger charge is 2.27. The lowest BCUT2D eigenvalue weighted by Gasteiger charge is -2.28. The Morgan fingerprint density at radius 1 is 1.07 bits per heavy atom. The van der Waals surface area contributed by atoms with E-state index in [-0.39, 0.29) is 6.10 Å². The highest BCUT2D eigenvalue weighted by molar-refractivity contribution is 5.14. The van der Waals surface area contributed by atoms with E-state index in [9.17, 15) is 5.11 Å². The number of aliphatic hydroxyl groups excluding tert-OH is 1. The molecular weight excluding hydrogens is 332 g/mol. The quantitative estimate of drug-likeness (QED) is 0.673. The van der Waals surface area contributed by atoms with Gasteiger partial charge in [-0.15, -0.1) is 0 Å². The first kappa shape index (κ1) is 20.0. The molecule has 1 saturated heterocycles. The summed E-state index contributed by atoms with van der Waals surface area (Å²) < 4.78 is 0. The molecule has 1 aliphatic heterocycles. The van der Waals surface area contributed by atoms with Crippen LogP contribution in [0.1, 0.15) is 49.7 Å². The average molecular weight is 367 g/mol. The van der Waals surface area contributed by atoms with Gasteiger partial charge in [-0.2, -0.15) is 0 Å². The number of aromatic nitrogens is 1. The molecule has 2 heterocycles. The fourth-order valence-electron chi connectivity index (χ4n) is 4.39. The van der Waals surface area contributed by atoms with Crippen LogP contribution in [-0.4, -0.2) is 40.7 Å². The van der Waals surface area contributed by atoms with E-state index in [1.807, 2.05) is 18.5 Å². The maximum Gasteiger partial charge on any atom is 0.0583 e. The van der Waals surface area contributed by atoms with Gasteiger partial charge in [0.2, 0.25) is 0 Å². The highest BCUT2D eigenvalue weighted by Crippen LogP contribution is 2.27. The van der Waals surface area contributed by atoms with Gasteiger partial charge in [0.25, 0.3) is 0 Å². The van der Waals surface area contributed by atoms with Gasteiger partial charge < -0.3 is 10.0 Å². The minimum absolute atomic E-state index is 0.201. The summed E-state index contributed by atoms with van der Waals surface area (Å²) in [7, 11) is 2.20. The minimum atomic E-state index is -0.201. The lowest BCUT2D eigenvalue weighted by Crippen LogP contribution is -2.32. The third-order valence-corrected chi connectivity index (χ3v) is 6.14. The molecule has 3 heteroatoms. The van der Waals surface area contributed by atoms with Gasteiger partial charge in [-0.3, -0.25) is 4.98 Å². The molecule has 146 valence electrons. The second kappa shape index (κ2) is 10.6. The minimum Gasteiger partial charge on any atom is -0.393 e. The number of rotatable bonds is 10. The number of hydrogen-bond acceptors (Lipinski definition) is 3. The summed E-state index contributed by atoms with van der Waals surface area (Å²) in [5.41, 5.74) is 2.67. The molecule has 1 fully saturated rings. The van der Waals surface area contributed by atoms with Crippen LogP contribution in [0.5, 0.6) is 0 Å². The third kappa shape index (κ3) is 6.44. The average Bonchev–Trinajstić information content (AvgIpc) is 3.10. The second-order valence-electron chi connectivity index (χ2n) is 8.12. The molecule has 1 aromatic heterocycles. The van der Waals surface area contributed by atoms with Gasteiger partial charge in [-0.25, -0.2) is 0 Å². The Balaban J connectivity index is 1.54. The summed E-state index contributed by atoms with van der Waals surface area (Å²) in [5, 5.41) is 11.0. The summed E-state index contributed by atoms with van der Waals surface area (Å²) in [6.45, 7) is 1.17. The van der Waals surface area contributed by atoms with Crippen molar-refractivity contribution in [3.63, 3.8) is 0 Å². The van der Waals surface area contributed by atoms with Gasteiger partial charge in [-0.1, -0.05) is 36.4 Å². The van der Waals surface area contributed by atoms with Gasteiger partial charge in [-0.05, 0) is 88.1 Å². The fourth-order valence-corrected chi connectivity index (χ4v) is 4.39. The molecule has 2 aromatic rings. The summed E-state index contributed by atoms with van der Waals surface area (Å²) in [6, 6.07) is 15.4. The smallest absolute Gasteiger partial charge is 0.0583 e. The Hall–Kier alpha value is -1.71. The molecule has 0 spiro atoms. The van der Waals surface area contributed by atoms with E-state index in [2.05, 4.69) is 53.3 Å². The second-order valence-corrected chi connectivity index (χ2v) is 8.12. The summed E-state index contributed by atoms with van der Waals surface area (Å²) >= 11 is 0. The lowest BCUT2D eigenvalue weighted by atomic mass is 9.86. The standard InChI is InChI=1S/C24H34N2O/c1-26-17-7-13-23(26)18-24(27)22(15-14-20-8-3-2-4-9-20)12-5-10-21-11-6-16-25-19-21/h2-4,6,8-9,11,16,19,22-24,27H,5,7,10,12-15,17-18H2,1H3. The summed E-state index contributed by atoms with van der Waals surface area (Å²) in [4.78, 5) is 6.64. The molecular formula is C24H34N2O. The first-order valence-electron chi connectivity index (χ1n) is 10.5. The molecule has 3 atom stereocenters. The molecule has 3 rings (SSSR count). The Morgan fingerprint density at radius 2 is 1.89 bits per heavy atom. The SMILES string of the molecule is CN1CCCC1CC(O)C(CCCc1cccnc1)CCc1ccccc1. The van der Waals surface area contributed by atoms with Crippen LogP contribution in [0.4, 0.5) is 0 Å². The van der Waals surface area contributed by atoms with Crippen molar-refractivity contribution in [2.75, 3.05) is 13.6 Å². The molecule has 27 heavy (non-hydrogen) atoms. The van der Waals surface area contributed by atoms with E-state index in [4.69, 9.17) is 0 Å². The van der Waals surface area contributed by atoms with Gasteiger partial charge in [0, 0.05) is 18.4 Å². The van der Waals surface area contributed by atoms with Crippen molar-refractivity contribution in [2.45, 2.75) is 63.5 Å². The maximum absolute atomic E-state index is 11.0. The molecule has 1 aliphatic rings. The van der Waals surface area contributed by atoms with Crippen molar-refractivity contribution in [3.8, 4) is 0 Å². The number of nitrogens with zero attached hydrogens (tertiary/aromatic N) is 2. The Kier molecular flexibility index (Phi) is 7.85. The van der Waals surface area contributed by atoms with Crippen molar-refractivity contribution in [1.29, 1.82) is 0 Å². The predicted octanol–water partition coefficient (Wildman–Crippen LogP) is 4.50.